The summed E-state index contributed by atoms with van der Waals surface area (Å²) in [5.41, 5.74) is -0.954. The molecule has 0 bridgehead atoms. The molecule has 47 heavy (non-hydrogen) atoms. The van der Waals surface area contributed by atoms with E-state index in [9.17, 15) is 28.8 Å². The molecule has 15 nitrogen and oxygen atoms in total. The monoisotopic (exact) mass is 662 g/mol. The maximum Gasteiger partial charge on any atom is 0.383 e. The van der Waals surface area contributed by atoms with E-state index in [1.54, 1.807) is 0 Å². The highest BCUT2D eigenvalue weighted by molar-refractivity contribution is 5.87. The van der Waals surface area contributed by atoms with Gasteiger partial charge in [0.25, 0.3) is 5.75 Å². The number of ether oxygens (including phenoxy) is 8. The van der Waals surface area contributed by atoms with Crippen molar-refractivity contribution in [1.29, 1.82) is 0 Å². The fourth-order valence-corrected chi connectivity index (χ4v) is 5.49. The van der Waals surface area contributed by atoms with Gasteiger partial charge in [0.1, 0.15) is 24.0 Å². The summed E-state index contributed by atoms with van der Waals surface area (Å²) in [4.78, 5) is 72.7. The van der Waals surface area contributed by atoms with Crippen LogP contribution in [0.25, 0.3) is 11.0 Å². The van der Waals surface area contributed by atoms with Gasteiger partial charge in [-0.25, -0.2) is 4.79 Å². The van der Waals surface area contributed by atoms with Crippen molar-refractivity contribution in [2.24, 2.45) is 5.92 Å². The summed E-state index contributed by atoms with van der Waals surface area (Å²) in [6.45, 7) is 7.34. The first kappa shape index (κ1) is 35.2. The van der Waals surface area contributed by atoms with Crippen molar-refractivity contribution in [3.8, 4) is 17.2 Å². The van der Waals surface area contributed by atoms with Gasteiger partial charge in [-0.2, -0.15) is 0 Å². The molecule has 256 valence electrons. The molecular weight excluding hydrogens is 624 g/mol. The van der Waals surface area contributed by atoms with Crippen LogP contribution in [0.4, 0.5) is 0 Å². The Morgan fingerprint density at radius 2 is 1.36 bits per heavy atom. The number of esters is 5. The Bertz CT molecular complexity index is 1550. The number of benzene rings is 1. The van der Waals surface area contributed by atoms with E-state index in [-0.39, 0.29) is 28.9 Å². The van der Waals surface area contributed by atoms with E-state index in [2.05, 4.69) is 6.92 Å². The van der Waals surface area contributed by atoms with Crippen molar-refractivity contribution in [2.75, 3.05) is 6.61 Å². The molecule has 4 rings (SSSR count). The molecule has 1 aromatic carbocycles. The van der Waals surface area contributed by atoms with Crippen LogP contribution in [0.15, 0.2) is 27.4 Å². The molecule has 1 aliphatic heterocycles. The Labute approximate surface area is 269 Å². The Balaban J connectivity index is 1.73. The zero-order valence-electron chi connectivity index (χ0n) is 26.9. The van der Waals surface area contributed by atoms with Gasteiger partial charge in [0, 0.05) is 40.7 Å². The Hall–Kier alpha value is -4.66. The summed E-state index contributed by atoms with van der Waals surface area (Å²) in [6.07, 6.45) is -3.90. The predicted molar refractivity (Wildman–Crippen MR) is 158 cm³/mol. The molecule has 1 aromatic heterocycles. The van der Waals surface area contributed by atoms with Crippen LogP contribution >= 0.6 is 0 Å². The second-order valence-corrected chi connectivity index (χ2v) is 11.5. The lowest BCUT2D eigenvalue weighted by molar-refractivity contribution is -0.288. The molecule has 0 unspecified atom stereocenters. The Morgan fingerprint density at radius 1 is 0.745 bits per heavy atom. The normalized spacial score (nSPS) is 25.6. The lowest BCUT2D eigenvalue weighted by Gasteiger charge is -2.43. The van der Waals surface area contributed by atoms with Crippen LogP contribution in [0.1, 0.15) is 67.2 Å². The second kappa shape index (κ2) is 15.3. The molecule has 2 aliphatic rings. The van der Waals surface area contributed by atoms with Gasteiger partial charge in [-0.05, 0) is 43.7 Å². The number of hydrogen-bond donors (Lipinski definition) is 0. The first-order valence-corrected chi connectivity index (χ1v) is 15.1. The van der Waals surface area contributed by atoms with Gasteiger partial charge in [-0.15, -0.1) is 0 Å². The van der Waals surface area contributed by atoms with Crippen molar-refractivity contribution in [1.82, 2.24) is 0 Å². The highest BCUT2D eigenvalue weighted by Gasteiger charge is 2.53. The van der Waals surface area contributed by atoms with Crippen LogP contribution in [0.2, 0.25) is 0 Å². The first-order chi connectivity index (χ1) is 22.2. The first-order valence-electron chi connectivity index (χ1n) is 15.1. The standard InChI is InChI=1S/C32H38O15/c1-15-7-9-21(10-8-15)44-26-23-12-11-22(13-24(23)46-31(38)29(26)42-19(5)36)45-32-30(43-20(6)37)28(41-18(4)35)27(40-17(3)34)25(47-32)14-39-16(2)33/h11-13,15,21,25,27-28,30,32H,7-10,14H2,1-6H3/t15-,21-,25-,27-,28+,30-,32-/m1/s1. The maximum absolute atomic E-state index is 13.0. The van der Waals surface area contributed by atoms with Crippen LogP contribution in [0.3, 0.4) is 0 Å². The Morgan fingerprint density at radius 3 is 1.96 bits per heavy atom. The van der Waals surface area contributed by atoms with Gasteiger partial charge in [-0.3, -0.25) is 24.0 Å². The number of carbonyl (C=O) groups is 5. The number of fused-ring (bicyclic) bond motifs is 1. The summed E-state index contributed by atoms with van der Waals surface area (Å²) in [7, 11) is 0. The van der Waals surface area contributed by atoms with E-state index in [1.807, 2.05) is 0 Å². The molecule has 5 atom stereocenters. The van der Waals surface area contributed by atoms with Gasteiger partial charge in [0.2, 0.25) is 12.4 Å². The third kappa shape index (κ3) is 9.21. The molecule has 1 saturated heterocycles. The van der Waals surface area contributed by atoms with E-state index in [4.69, 9.17) is 42.3 Å². The van der Waals surface area contributed by atoms with Crippen molar-refractivity contribution in [3.63, 3.8) is 0 Å². The largest absolute Gasteiger partial charge is 0.485 e. The molecule has 2 fully saturated rings. The minimum atomic E-state index is -1.51. The van der Waals surface area contributed by atoms with E-state index in [0.717, 1.165) is 60.3 Å². The third-order valence-electron chi connectivity index (χ3n) is 7.49. The topological polar surface area (TPSA) is 189 Å². The number of hydrogen-bond acceptors (Lipinski definition) is 15. The van der Waals surface area contributed by atoms with Crippen molar-refractivity contribution >= 4 is 40.8 Å². The molecule has 0 radical (unpaired) electrons. The Kier molecular flexibility index (Phi) is 11.4. The highest BCUT2D eigenvalue weighted by Crippen LogP contribution is 2.39. The van der Waals surface area contributed by atoms with Crippen LogP contribution in [-0.4, -0.2) is 73.3 Å². The fraction of sp³-hybridized carbons (Fsp3) is 0.562. The molecule has 0 spiro atoms. The summed E-state index contributed by atoms with van der Waals surface area (Å²) in [6, 6.07) is 4.34. The average Bonchev–Trinajstić information content (AvgIpc) is 2.97. The zero-order chi connectivity index (χ0) is 34.4. The fourth-order valence-electron chi connectivity index (χ4n) is 5.49. The van der Waals surface area contributed by atoms with Gasteiger partial charge in [-0.1, -0.05) is 6.92 Å². The van der Waals surface area contributed by atoms with Crippen molar-refractivity contribution in [3.05, 3.63) is 28.6 Å². The smallest absolute Gasteiger partial charge is 0.383 e. The minimum absolute atomic E-state index is 0.00761. The van der Waals surface area contributed by atoms with Gasteiger partial charge >= 0.3 is 35.5 Å². The van der Waals surface area contributed by atoms with Crippen molar-refractivity contribution in [2.45, 2.75) is 104 Å². The molecule has 0 amide bonds. The van der Waals surface area contributed by atoms with Gasteiger partial charge in [0.15, 0.2) is 18.0 Å². The summed E-state index contributed by atoms with van der Waals surface area (Å²) in [5, 5.41) is 0.313. The molecular formula is C32H38O15. The highest BCUT2D eigenvalue weighted by atomic mass is 16.7. The van der Waals surface area contributed by atoms with Crippen LogP contribution in [0, 0.1) is 5.92 Å². The minimum Gasteiger partial charge on any atom is -0.485 e. The van der Waals surface area contributed by atoms with Crippen molar-refractivity contribution < 1.29 is 66.3 Å². The SMILES string of the molecule is CC(=O)OC[C@H]1O[C@@H](Oc2ccc3c(O[C@H]4CC[C@H](C)CC4)c(OC(C)=O)c(=O)oc3c2)[C@H](OC(C)=O)[C@@H](OC(C)=O)[C@@H]1OC(C)=O. The van der Waals surface area contributed by atoms with Gasteiger partial charge in [0.05, 0.1) is 11.5 Å². The number of carbonyl (C=O) groups excluding carboxylic acids is 5. The molecule has 1 saturated carbocycles. The summed E-state index contributed by atoms with van der Waals surface area (Å²) < 4.78 is 50.3. The average molecular weight is 663 g/mol. The molecule has 0 N–H and O–H groups in total. The predicted octanol–water partition coefficient (Wildman–Crippen LogP) is 3.14. The maximum atomic E-state index is 13.0. The third-order valence-corrected chi connectivity index (χ3v) is 7.49. The molecule has 2 aromatic rings. The van der Waals surface area contributed by atoms with Crippen LogP contribution in [-0.2, 0) is 47.7 Å². The van der Waals surface area contributed by atoms with Gasteiger partial charge < -0.3 is 42.3 Å². The lowest BCUT2D eigenvalue weighted by atomic mass is 9.89. The van der Waals surface area contributed by atoms with Crippen LogP contribution in [0.5, 0.6) is 17.2 Å². The number of rotatable bonds is 10. The van der Waals surface area contributed by atoms with E-state index < -0.39 is 72.8 Å². The quantitative estimate of drug-likeness (QED) is 0.205. The van der Waals surface area contributed by atoms with Crippen LogP contribution < -0.4 is 19.8 Å². The summed E-state index contributed by atoms with van der Waals surface area (Å²) in [5.74, 6) is -3.53. The molecule has 2 heterocycles. The molecule has 1 aliphatic carbocycles. The van der Waals surface area contributed by atoms with E-state index in [0.29, 0.717) is 11.3 Å². The van der Waals surface area contributed by atoms with E-state index in [1.165, 1.54) is 18.2 Å². The van der Waals surface area contributed by atoms with E-state index >= 15 is 0 Å². The zero-order valence-corrected chi connectivity index (χ0v) is 26.9. The summed E-state index contributed by atoms with van der Waals surface area (Å²) >= 11 is 0. The molecule has 15 heteroatoms. The lowest BCUT2D eigenvalue weighted by Crippen LogP contribution is -2.63. The second-order valence-electron chi connectivity index (χ2n) is 11.5.